The van der Waals surface area contributed by atoms with E-state index in [1.165, 1.54) is 32.0 Å². The van der Waals surface area contributed by atoms with Crippen LogP contribution >= 0.6 is 23.2 Å². The molecule has 0 nitrogen and oxygen atoms in total. The molecule has 0 N–H and O–H groups in total. The fourth-order valence-corrected chi connectivity index (χ4v) is 1.61. The highest BCUT2D eigenvalue weighted by Gasteiger charge is 2.37. The standard InChI is InChI=1S/C10H10Cl2F2/c1-6(2)10(13,14)8-4-3-7(11)5-9(8)12/h3-6H,1-2H3. The Morgan fingerprint density at radius 2 is 1.79 bits per heavy atom. The molecule has 0 aromatic heterocycles. The van der Waals surface area contributed by atoms with Crippen LogP contribution in [0.15, 0.2) is 18.2 Å². The third kappa shape index (κ3) is 2.18. The molecule has 0 spiro atoms. The van der Waals surface area contributed by atoms with Crippen LogP contribution in [-0.2, 0) is 5.92 Å². The number of hydrogen-bond donors (Lipinski definition) is 0. The average Bonchev–Trinajstić information content (AvgIpc) is 2.02. The highest BCUT2D eigenvalue weighted by atomic mass is 35.5. The van der Waals surface area contributed by atoms with Crippen LogP contribution in [0, 0.1) is 5.92 Å². The van der Waals surface area contributed by atoms with Gasteiger partial charge in [-0.15, -0.1) is 0 Å². The molecule has 1 rings (SSSR count). The smallest absolute Gasteiger partial charge is 0.201 e. The van der Waals surface area contributed by atoms with Crippen molar-refractivity contribution in [3.8, 4) is 0 Å². The molecular formula is C10H10Cl2F2. The number of rotatable bonds is 2. The van der Waals surface area contributed by atoms with Crippen molar-refractivity contribution in [2.45, 2.75) is 19.8 Å². The summed E-state index contributed by atoms with van der Waals surface area (Å²) < 4.78 is 27.1. The fraction of sp³-hybridized carbons (Fsp3) is 0.400. The SMILES string of the molecule is CC(C)C(F)(F)c1ccc(Cl)cc1Cl. The van der Waals surface area contributed by atoms with Crippen molar-refractivity contribution in [3.63, 3.8) is 0 Å². The average molecular weight is 239 g/mol. The van der Waals surface area contributed by atoms with Gasteiger partial charge in [-0.3, -0.25) is 0 Å². The topological polar surface area (TPSA) is 0 Å². The molecule has 0 heterocycles. The highest BCUT2D eigenvalue weighted by Crippen LogP contribution is 2.40. The third-order valence-electron chi connectivity index (χ3n) is 2.02. The van der Waals surface area contributed by atoms with Crippen LogP contribution in [0.2, 0.25) is 10.0 Å². The second-order valence-corrected chi connectivity index (χ2v) is 4.25. The molecule has 0 aliphatic heterocycles. The lowest BCUT2D eigenvalue weighted by Gasteiger charge is -2.21. The van der Waals surface area contributed by atoms with Gasteiger partial charge >= 0.3 is 0 Å². The van der Waals surface area contributed by atoms with E-state index in [0.717, 1.165) is 0 Å². The number of hydrogen-bond acceptors (Lipinski definition) is 0. The second kappa shape index (κ2) is 4.03. The Bertz CT molecular complexity index is 335. The normalized spacial score (nSPS) is 12.2. The molecule has 0 saturated carbocycles. The Kier molecular flexibility index (Phi) is 3.38. The van der Waals surface area contributed by atoms with Gasteiger partial charge in [0.2, 0.25) is 0 Å². The zero-order valence-corrected chi connectivity index (χ0v) is 9.33. The van der Waals surface area contributed by atoms with Crippen LogP contribution < -0.4 is 0 Å². The summed E-state index contributed by atoms with van der Waals surface area (Å²) in [6.07, 6.45) is 0. The molecule has 0 bridgehead atoms. The lowest BCUT2D eigenvalue weighted by molar-refractivity contribution is -0.0512. The van der Waals surface area contributed by atoms with Gasteiger partial charge in [0.15, 0.2) is 0 Å². The summed E-state index contributed by atoms with van der Waals surface area (Å²) in [4.78, 5) is 0. The molecule has 0 aliphatic rings. The van der Waals surface area contributed by atoms with Gasteiger partial charge in [0, 0.05) is 16.5 Å². The monoisotopic (exact) mass is 238 g/mol. The predicted octanol–water partition coefficient (Wildman–Crippen LogP) is 4.74. The summed E-state index contributed by atoms with van der Waals surface area (Å²) in [6.45, 7) is 2.90. The van der Waals surface area contributed by atoms with Crippen molar-refractivity contribution in [3.05, 3.63) is 33.8 Å². The van der Waals surface area contributed by atoms with Crippen LogP contribution in [0.25, 0.3) is 0 Å². The van der Waals surface area contributed by atoms with Crippen LogP contribution in [0.3, 0.4) is 0 Å². The van der Waals surface area contributed by atoms with Gasteiger partial charge in [-0.05, 0) is 12.1 Å². The van der Waals surface area contributed by atoms with E-state index in [4.69, 9.17) is 23.2 Å². The lowest BCUT2D eigenvalue weighted by atomic mass is 9.98. The quantitative estimate of drug-likeness (QED) is 0.699. The third-order valence-corrected chi connectivity index (χ3v) is 2.56. The zero-order chi connectivity index (χ0) is 10.9. The lowest BCUT2D eigenvalue weighted by Crippen LogP contribution is -2.21. The van der Waals surface area contributed by atoms with Crippen molar-refractivity contribution in [2.24, 2.45) is 5.92 Å². The Morgan fingerprint density at radius 1 is 1.21 bits per heavy atom. The van der Waals surface area contributed by atoms with Crippen molar-refractivity contribution in [2.75, 3.05) is 0 Å². The maximum absolute atomic E-state index is 13.5. The predicted molar refractivity (Wildman–Crippen MR) is 55.2 cm³/mol. The van der Waals surface area contributed by atoms with E-state index in [1.807, 2.05) is 0 Å². The van der Waals surface area contributed by atoms with Crippen molar-refractivity contribution in [1.82, 2.24) is 0 Å². The van der Waals surface area contributed by atoms with E-state index in [2.05, 4.69) is 0 Å². The molecule has 0 amide bonds. The van der Waals surface area contributed by atoms with Gasteiger partial charge < -0.3 is 0 Å². The van der Waals surface area contributed by atoms with Crippen molar-refractivity contribution >= 4 is 23.2 Å². The van der Waals surface area contributed by atoms with Crippen molar-refractivity contribution < 1.29 is 8.78 Å². The number of alkyl halides is 2. The molecule has 0 saturated heterocycles. The van der Waals surface area contributed by atoms with Crippen LogP contribution in [-0.4, -0.2) is 0 Å². The van der Waals surface area contributed by atoms with Crippen LogP contribution in [0.5, 0.6) is 0 Å². The van der Waals surface area contributed by atoms with Gasteiger partial charge in [0.05, 0.1) is 5.02 Å². The van der Waals surface area contributed by atoms with Gasteiger partial charge in [0.1, 0.15) is 0 Å². The second-order valence-electron chi connectivity index (χ2n) is 3.40. The van der Waals surface area contributed by atoms with E-state index in [9.17, 15) is 8.78 Å². The molecule has 0 aliphatic carbocycles. The number of halogens is 4. The maximum Gasteiger partial charge on any atom is 0.276 e. The van der Waals surface area contributed by atoms with Crippen LogP contribution in [0.1, 0.15) is 19.4 Å². The first-order valence-corrected chi connectivity index (χ1v) is 4.94. The molecule has 0 fully saturated rings. The molecule has 78 valence electrons. The molecular weight excluding hydrogens is 229 g/mol. The minimum atomic E-state index is -2.92. The van der Waals surface area contributed by atoms with E-state index in [-0.39, 0.29) is 10.6 Å². The minimum absolute atomic E-state index is 0.0104. The van der Waals surface area contributed by atoms with Crippen molar-refractivity contribution in [1.29, 1.82) is 0 Å². The summed E-state index contributed by atoms with van der Waals surface area (Å²) in [5.74, 6) is -3.71. The first-order valence-electron chi connectivity index (χ1n) is 4.19. The van der Waals surface area contributed by atoms with E-state index in [0.29, 0.717) is 5.02 Å². The van der Waals surface area contributed by atoms with Crippen LogP contribution in [0.4, 0.5) is 8.78 Å². The highest BCUT2D eigenvalue weighted by molar-refractivity contribution is 6.35. The van der Waals surface area contributed by atoms with Gasteiger partial charge in [0.25, 0.3) is 5.92 Å². The zero-order valence-electron chi connectivity index (χ0n) is 7.82. The van der Waals surface area contributed by atoms with Gasteiger partial charge in [-0.1, -0.05) is 43.1 Å². The Hall–Kier alpha value is -0.340. The Labute approximate surface area is 91.8 Å². The largest absolute Gasteiger partial charge is 0.276 e. The first-order chi connectivity index (χ1) is 6.35. The summed E-state index contributed by atoms with van der Waals surface area (Å²) >= 11 is 11.3. The summed E-state index contributed by atoms with van der Waals surface area (Å²) in [5.41, 5.74) is -0.168. The van der Waals surface area contributed by atoms with Gasteiger partial charge in [-0.25, -0.2) is 8.78 Å². The summed E-state index contributed by atoms with van der Waals surface area (Å²) in [7, 11) is 0. The molecule has 0 unspecified atom stereocenters. The Morgan fingerprint density at radius 3 is 2.21 bits per heavy atom. The molecule has 1 aromatic rings. The molecule has 0 atom stereocenters. The molecule has 0 radical (unpaired) electrons. The minimum Gasteiger partial charge on any atom is -0.201 e. The molecule has 4 heteroatoms. The number of benzene rings is 1. The fourth-order valence-electron chi connectivity index (χ4n) is 1.07. The van der Waals surface area contributed by atoms with Gasteiger partial charge in [-0.2, -0.15) is 0 Å². The van der Waals surface area contributed by atoms with E-state index >= 15 is 0 Å². The first kappa shape index (κ1) is 11.7. The van der Waals surface area contributed by atoms with E-state index < -0.39 is 11.8 Å². The molecule has 1 aromatic carbocycles. The maximum atomic E-state index is 13.5. The summed E-state index contributed by atoms with van der Waals surface area (Å²) in [5, 5.41) is 0.370. The Balaban J connectivity index is 3.19. The summed E-state index contributed by atoms with van der Waals surface area (Å²) in [6, 6.07) is 4.01. The van der Waals surface area contributed by atoms with E-state index in [1.54, 1.807) is 0 Å². The molecule has 14 heavy (non-hydrogen) atoms.